The van der Waals surface area contributed by atoms with Gasteiger partial charge in [0.15, 0.2) is 6.61 Å². The van der Waals surface area contributed by atoms with Crippen LogP contribution < -0.4 is 5.32 Å². The Hall–Kier alpha value is -3.72. The van der Waals surface area contributed by atoms with Gasteiger partial charge in [0.1, 0.15) is 0 Å². The van der Waals surface area contributed by atoms with E-state index in [0.717, 1.165) is 6.08 Å². The van der Waals surface area contributed by atoms with E-state index in [0.29, 0.717) is 16.7 Å². The predicted octanol–water partition coefficient (Wildman–Crippen LogP) is 2.07. The fourth-order valence-electron chi connectivity index (χ4n) is 1.84. The number of nitriles is 1. The van der Waals surface area contributed by atoms with Crippen LogP contribution in [0.2, 0.25) is 0 Å². The lowest BCUT2D eigenvalue weighted by atomic mass is 10.1. The molecule has 0 bridgehead atoms. The zero-order valence-corrected chi connectivity index (χ0v) is 13.1. The third-order valence-corrected chi connectivity index (χ3v) is 3.09. The van der Waals surface area contributed by atoms with Gasteiger partial charge in [0.25, 0.3) is 11.8 Å². The van der Waals surface area contributed by atoms with Crippen molar-refractivity contribution in [2.75, 3.05) is 6.61 Å². The summed E-state index contributed by atoms with van der Waals surface area (Å²) in [7, 11) is 0. The van der Waals surface area contributed by atoms with Gasteiger partial charge in [-0.25, -0.2) is 4.79 Å². The summed E-state index contributed by atoms with van der Waals surface area (Å²) in [5, 5.41) is 10.8. The summed E-state index contributed by atoms with van der Waals surface area (Å²) < 4.78 is 4.76. The highest BCUT2D eigenvalue weighted by Gasteiger charge is 2.11. The lowest BCUT2D eigenvalue weighted by Crippen LogP contribution is -2.33. The maximum atomic E-state index is 11.8. The molecule has 0 aliphatic rings. The first-order valence-electron chi connectivity index (χ1n) is 7.33. The zero-order chi connectivity index (χ0) is 18.1. The van der Waals surface area contributed by atoms with Crippen molar-refractivity contribution in [3.05, 3.63) is 77.4 Å². The molecule has 0 radical (unpaired) electrons. The molecule has 0 saturated carbocycles. The van der Waals surface area contributed by atoms with Crippen molar-refractivity contribution in [2.24, 2.45) is 0 Å². The van der Waals surface area contributed by atoms with Gasteiger partial charge in [-0.3, -0.25) is 14.9 Å². The van der Waals surface area contributed by atoms with Crippen LogP contribution in [-0.2, 0) is 14.3 Å². The number of hydrogen-bond donors (Lipinski definition) is 1. The van der Waals surface area contributed by atoms with Crippen LogP contribution >= 0.6 is 0 Å². The van der Waals surface area contributed by atoms with Crippen LogP contribution in [0.3, 0.4) is 0 Å². The van der Waals surface area contributed by atoms with E-state index >= 15 is 0 Å². The molecule has 0 saturated heterocycles. The minimum atomic E-state index is -0.716. The second kappa shape index (κ2) is 8.79. The van der Waals surface area contributed by atoms with Gasteiger partial charge in [-0.1, -0.05) is 30.3 Å². The summed E-state index contributed by atoms with van der Waals surface area (Å²) in [6.45, 7) is -0.560. The Bertz CT molecular complexity index is 834. The Balaban J connectivity index is 1.79. The molecule has 0 spiro atoms. The summed E-state index contributed by atoms with van der Waals surface area (Å²) in [4.78, 5) is 34.9. The van der Waals surface area contributed by atoms with Gasteiger partial charge in [0.2, 0.25) is 0 Å². The van der Waals surface area contributed by atoms with Gasteiger partial charge in [-0.05, 0) is 35.9 Å². The number of carbonyl (C=O) groups is 3. The first-order valence-corrected chi connectivity index (χ1v) is 7.33. The molecular weight excluding hydrogens is 320 g/mol. The Labute approximate surface area is 144 Å². The number of rotatable bonds is 5. The van der Waals surface area contributed by atoms with Crippen LogP contribution in [-0.4, -0.2) is 24.4 Å². The van der Waals surface area contributed by atoms with Crippen LogP contribution in [0.4, 0.5) is 0 Å². The lowest BCUT2D eigenvalue weighted by Gasteiger charge is -2.04. The van der Waals surface area contributed by atoms with E-state index in [4.69, 9.17) is 10.00 Å². The molecule has 0 heterocycles. The molecule has 0 aliphatic carbocycles. The van der Waals surface area contributed by atoms with Crippen LogP contribution in [0.5, 0.6) is 0 Å². The fourth-order valence-corrected chi connectivity index (χ4v) is 1.84. The summed E-state index contributed by atoms with van der Waals surface area (Å²) in [5.74, 6) is -1.99. The average Bonchev–Trinajstić information content (AvgIpc) is 2.65. The number of hydrogen-bond acceptors (Lipinski definition) is 5. The fraction of sp³-hybridized carbons (Fsp3) is 0.0526. The molecule has 25 heavy (non-hydrogen) atoms. The first kappa shape index (κ1) is 17.6. The van der Waals surface area contributed by atoms with Crippen molar-refractivity contribution < 1.29 is 19.1 Å². The first-order chi connectivity index (χ1) is 12.1. The van der Waals surface area contributed by atoms with Crippen LogP contribution in [0.15, 0.2) is 60.7 Å². The Morgan fingerprint density at radius 3 is 2.36 bits per heavy atom. The van der Waals surface area contributed by atoms with Gasteiger partial charge < -0.3 is 4.74 Å². The van der Waals surface area contributed by atoms with Crippen molar-refractivity contribution in [1.29, 1.82) is 5.26 Å². The van der Waals surface area contributed by atoms with Gasteiger partial charge in [0.05, 0.1) is 11.6 Å². The highest BCUT2D eigenvalue weighted by atomic mass is 16.5. The van der Waals surface area contributed by atoms with Gasteiger partial charge >= 0.3 is 5.97 Å². The molecule has 1 N–H and O–H groups in total. The van der Waals surface area contributed by atoms with Crippen molar-refractivity contribution in [3.8, 4) is 6.07 Å². The number of nitrogens with zero attached hydrogens (tertiary/aromatic N) is 1. The largest absolute Gasteiger partial charge is 0.452 e. The van der Waals surface area contributed by atoms with E-state index in [-0.39, 0.29) is 0 Å². The van der Waals surface area contributed by atoms with Crippen molar-refractivity contribution in [2.45, 2.75) is 0 Å². The molecule has 124 valence electrons. The van der Waals surface area contributed by atoms with Crippen LogP contribution in [0.1, 0.15) is 21.5 Å². The number of ether oxygens (including phenoxy) is 1. The van der Waals surface area contributed by atoms with E-state index in [9.17, 15) is 14.4 Å². The molecule has 2 aromatic rings. The molecule has 2 rings (SSSR count). The maximum Gasteiger partial charge on any atom is 0.331 e. The molecular formula is C19H14N2O4. The normalized spacial score (nSPS) is 10.0. The Morgan fingerprint density at radius 1 is 1.04 bits per heavy atom. The smallest absolute Gasteiger partial charge is 0.331 e. The van der Waals surface area contributed by atoms with E-state index in [2.05, 4.69) is 5.32 Å². The number of imide groups is 1. The summed E-state index contributed by atoms with van der Waals surface area (Å²) in [6, 6.07) is 16.8. The lowest BCUT2D eigenvalue weighted by molar-refractivity contribution is -0.143. The summed E-state index contributed by atoms with van der Waals surface area (Å²) in [5.41, 5.74) is 1.56. The van der Waals surface area contributed by atoms with Crippen molar-refractivity contribution >= 4 is 23.9 Å². The SMILES string of the molecule is N#Cc1ccc(/C=C/C(=O)OCC(=O)NC(=O)c2ccccc2)cc1. The zero-order valence-electron chi connectivity index (χ0n) is 13.1. The second-order valence-electron chi connectivity index (χ2n) is 4.92. The standard InChI is InChI=1S/C19H14N2O4/c20-12-15-8-6-14(7-9-15)10-11-18(23)25-13-17(22)21-19(24)16-4-2-1-3-5-16/h1-11H,13H2,(H,21,22,24)/b11-10+. The highest BCUT2D eigenvalue weighted by molar-refractivity contribution is 6.05. The van der Waals surface area contributed by atoms with E-state index in [1.54, 1.807) is 54.6 Å². The van der Waals surface area contributed by atoms with E-state index in [1.807, 2.05) is 6.07 Å². The summed E-state index contributed by atoms with van der Waals surface area (Å²) in [6.07, 6.45) is 2.66. The number of amides is 2. The van der Waals surface area contributed by atoms with Crippen molar-refractivity contribution in [3.63, 3.8) is 0 Å². The molecule has 6 heteroatoms. The van der Waals surface area contributed by atoms with Crippen LogP contribution in [0.25, 0.3) is 6.08 Å². The Kier molecular flexibility index (Phi) is 6.20. The quantitative estimate of drug-likeness (QED) is 0.667. The molecule has 0 unspecified atom stereocenters. The predicted molar refractivity (Wildman–Crippen MR) is 90.1 cm³/mol. The van der Waals surface area contributed by atoms with Gasteiger partial charge in [-0.2, -0.15) is 5.26 Å². The number of esters is 1. The Morgan fingerprint density at radius 2 is 1.72 bits per heavy atom. The molecule has 6 nitrogen and oxygen atoms in total. The summed E-state index contributed by atoms with van der Waals surface area (Å²) >= 11 is 0. The van der Waals surface area contributed by atoms with E-state index in [1.165, 1.54) is 6.08 Å². The second-order valence-corrected chi connectivity index (χ2v) is 4.92. The van der Waals surface area contributed by atoms with Gasteiger partial charge in [0, 0.05) is 11.6 Å². The molecule has 2 aromatic carbocycles. The third kappa shape index (κ3) is 5.77. The van der Waals surface area contributed by atoms with Crippen molar-refractivity contribution in [1.82, 2.24) is 5.32 Å². The molecule has 0 fully saturated rings. The highest BCUT2D eigenvalue weighted by Crippen LogP contribution is 2.05. The minimum Gasteiger partial charge on any atom is -0.452 e. The molecule has 0 aromatic heterocycles. The third-order valence-electron chi connectivity index (χ3n) is 3.09. The molecule has 0 aliphatic heterocycles. The van der Waals surface area contributed by atoms with Crippen LogP contribution in [0, 0.1) is 11.3 Å². The average molecular weight is 334 g/mol. The monoisotopic (exact) mass is 334 g/mol. The minimum absolute atomic E-state index is 0.336. The molecule has 0 atom stereocenters. The molecule has 2 amide bonds. The number of carbonyl (C=O) groups excluding carboxylic acids is 3. The topological polar surface area (TPSA) is 96.3 Å². The number of benzene rings is 2. The number of nitrogens with one attached hydrogen (secondary N) is 1. The van der Waals surface area contributed by atoms with Gasteiger partial charge in [-0.15, -0.1) is 0 Å². The van der Waals surface area contributed by atoms with E-state index < -0.39 is 24.4 Å². The maximum absolute atomic E-state index is 11.8.